The minimum atomic E-state index is -0.826. The molecular weight excluding hydrogens is 498 g/mol. The van der Waals surface area contributed by atoms with Crippen LogP contribution in [0.5, 0.6) is 0 Å². The van der Waals surface area contributed by atoms with Crippen molar-refractivity contribution in [3.8, 4) is 0 Å². The fourth-order valence-electron chi connectivity index (χ4n) is 4.62. The van der Waals surface area contributed by atoms with Gasteiger partial charge in [0.25, 0.3) is 0 Å². The molecule has 5 rings (SSSR count). The van der Waals surface area contributed by atoms with Crippen LogP contribution in [0.25, 0.3) is 0 Å². The maximum atomic E-state index is 4.93. The molecule has 0 heterocycles. The average molecular weight is 521 g/mol. The normalized spacial score (nSPS) is 20.5. The molecule has 0 saturated heterocycles. The molecule has 2 aromatic rings. The van der Waals surface area contributed by atoms with Gasteiger partial charge in [0.1, 0.15) is 0 Å². The molecule has 31 heavy (non-hydrogen) atoms. The number of fused-ring (bicyclic) bond motifs is 1. The number of hydrogen-bond acceptors (Lipinski definition) is 0. The zero-order chi connectivity index (χ0) is 21.7. The molecule has 3 aliphatic carbocycles. The molecule has 0 atom stereocenters. The number of hydrogen-bond donors (Lipinski definition) is 0. The van der Waals surface area contributed by atoms with E-state index in [-0.39, 0.29) is 5.41 Å². The molecule has 0 N–H and O–H groups in total. The van der Waals surface area contributed by atoms with Gasteiger partial charge in [-0.2, -0.15) is 0 Å². The predicted molar refractivity (Wildman–Crippen MR) is 127 cm³/mol. The monoisotopic (exact) mass is 518 g/mol. The maximum absolute atomic E-state index is 4.93. The number of allylic oxidation sites excluding steroid dienone is 4. The molecule has 10 radical (unpaired) electrons. The van der Waals surface area contributed by atoms with Gasteiger partial charge in [-0.3, -0.25) is 0 Å². The van der Waals surface area contributed by atoms with Gasteiger partial charge in [-0.1, -0.05) is 91.9 Å². The molecule has 152 valence electrons. The molecule has 0 nitrogen and oxygen atoms in total. The van der Waals surface area contributed by atoms with E-state index in [0.29, 0.717) is 0 Å². The van der Waals surface area contributed by atoms with Gasteiger partial charge in [-0.05, 0) is 55.1 Å². The van der Waals surface area contributed by atoms with Gasteiger partial charge in [-0.15, -0.1) is 0 Å². The summed E-state index contributed by atoms with van der Waals surface area (Å²) in [6, 6.07) is 21.8. The van der Waals surface area contributed by atoms with Crippen molar-refractivity contribution in [3.05, 3.63) is 158 Å². The standard InChI is InChI=1S/C28H22.2ClH.Zr/c1-21-16-18-25(20-21)28(23-11-4-2-5-12-23,24-13-6-3-7-14-24)27-19-17-22-10-8-9-15-26(22)27;;;/h2-20H,1H3;2*1H;/q;;;+2/p-2. The third-order valence-electron chi connectivity index (χ3n) is 5.84. The molecule has 2 aromatic carbocycles. The Balaban J connectivity index is 0.000000730. The second kappa shape index (κ2) is 11.0. The van der Waals surface area contributed by atoms with Gasteiger partial charge in [0.05, 0.1) is 0 Å². The van der Waals surface area contributed by atoms with E-state index in [9.17, 15) is 0 Å². The first kappa shape index (κ1) is 23.5. The second-order valence-corrected chi connectivity index (χ2v) is 11.3. The molecule has 0 aliphatic heterocycles. The summed E-state index contributed by atoms with van der Waals surface area (Å²) < 4.78 is 0. The Labute approximate surface area is 206 Å². The molecular formula is C28H22Cl2Zr. The molecule has 0 amide bonds. The van der Waals surface area contributed by atoms with E-state index in [1.54, 1.807) is 0 Å². The van der Waals surface area contributed by atoms with Gasteiger partial charge in [0.15, 0.2) is 0 Å². The van der Waals surface area contributed by atoms with Crippen molar-refractivity contribution < 1.29 is 20.8 Å². The topological polar surface area (TPSA) is 0 Å². The van der Waals surface area contributed by atoms with Crippen LogP contribution in [-0.4, -0.2) is 0 Å². The van der Waals surface area contributed by atoms with Gasteiger partial charge in [0, 0.05) is 23.2 Å². The van der Waals surface area contributed by atoms with E-state index in [1.807, 2.05) is 0 Å². The van der Waals surface area contributed by atoms with E-state index < -0.39 is 20.8 Å². The predicted octanol–water partition coefficient (Wildman–Crippen LogP) is 7.42. The molecule has 3 aliphatic rings. The number of rotatable bonds is 4. The van der Waals surface area contributed by atoms with Crippen molar-refractivity contribution >= 4 is 17.0 Å². The van der Waals surface area contributed by atoms with E-state index in [4.69, 9.17) is 17.0 Å². The van der Waals surface area contributed by atoms with Crippen LogP contribution in [0.4, 0.5) is 0 Å². The summed E-state index contributed by atoms with van der Waals surface area (Å²) in [6.45, 7) is 2.17. The van der Waals surface area contributed by atoms with Gasteiger partial charge < -0.3 is 0 Å². The van der Waals surface area contributed by atoms with Crippen molar-refractivity contribution in [3.63, 3.8) is 0 Å². The van der Waals surface area contributed by atoms with Crippen molar-refractivity contribution in [2.75, 3.05) is 0 Å². The van der Waals surface area contributed by atoms with Crippen LogP contribution in [0, 0.1) is 61.7 Å². The minimum absolute atomic E-state index is 0.347. The molecule has 2 fully saturated rings. The summed E-state index contributed by atoms with van der Waals surface area (Å²) >= 11 is -0.826. The first-order valence-corrected chi connectivity index (χ1v) is 16.5. The van der Waals surface area contributed by atoms with Gasteiger partial charge >= 0.3 is 37.9 Å². The SMILES string of the molecule is C[C]1[CH][CH][C](C([C]2[CH][CH][C]3C=CC=C[C]32)(c2ccccc2)c2ccccc2)[CH]1.[Cl][Zr][Cl]. The van der Waals surface area contributed by atoms with Gasteiger partial charge in [-0.25, -0.2) is 0 Å². The van der Waals surface area contributed by atoms with E-state index >= 15 is 0 Å². The fraction of sp³-hybridized carbons (Fsp3) is 0.0714. The van der Waals surface area contributed by atoms with E-state index in [2.05, 4.69) is 124 Å². The van der Waals surface area contributed by atoms with Crippen molar-refractivity contribution in [1.82, 2.24) is 0 Å². The Morgan fingerprint density at radius 3 is 1.84 bits per heavy atom. The summed E-state index contributed by atoms with van der Waals surface area (Å²) in [4.78, 5) is 0. The zero-order valence-corrected chi connectivity index (χ0v) is 21.2. The van der Waals surface area contributed by atoms with E-state index in [0.717, 1.165) is 0 Å². The molecule has 0 aromatic heterocycles. The summed E-state index contributed by atoms with van der Waals surface area (Å²) in [5.74, 6) is 6.55. The Morgan fingerprint density at radius 2 is 1.29 bits per heavy atom. The summed E-state index contributed by atoms with van der Waals surface area (Å²) in [5.41, 5.74) is 2.24. The third kappa shape index (κ3) is 4.71. The molecule has 0 unspecified atom stereocenters. The average Bonchev–Trinajstić information content (AvgIpc) is 3.44. The molecule has 0 bridgehead atoms. The number of halogens is 2. The quantitative estimate of drug-likeness (QED) is 0.394. The van der Waals surface area contributed by atoms with Crippen LogP contribution in [0.1, 0.15) is 18.1 Å². The van der Waals surface area contributed by atoms with Crippen LogP contribution < -0.4 is 0 Å². The van der Waals surface area contributed by atoms with Crippen LogP contribution in [0.2, 0.25) is 0 Å². The van der Waals surface area contributed by atoms with E-state index in [1.165, 1.54) is 40.7 Å². The summed E-state index contributed by atoms with van der Waals surface area (Å²) in [6.07, 6.45) is 20.1. The Hall–Kier alpha value is -0.617. The Morgan fingerprint density at radius 1 is 0.710 bits per heavy atom. The van der Waals surface area contributed by atoms with Crippen LogP contribution in [0.15, 0.2) is 85.0 Å². The number of benzene rings is 2. The van der Waals surface area contributed by atoms with Crippen LogP contribution >= 0.6 is 17.0 Å². The second-order valence-electron chi connectivity index (χ2n) is 7.56. The van der Waals surface area contributed by atoms with Crippen molar-refractivity contribution in [2.24, 2.45) is 0 Å². The summed E-state index contributed by atoms with van der Waals surface area (Å²) in [5, 5.41) is 0. The molecule has 3 heteroatoms. The zero-order valence-electron chi connectivity index (χ0n) is 17.2. The van der Waals surface area contributed by atoms with Crippen molar-refractivity contribution in [2.45, 2.75) is 12.3 Å². The Bertz CT molecular complexity index is 837. The first-order chi connectivity index (χ1) is 15.2. The molecule has 0 spiro atoms. The van der Waals surface area contributed by atoms with Gasteiger partial charge in [0.2, 0.25) is 0 Å². The van der Waals surface area contributed by atoms with Crippen LogP contribution in [-0.2, 0) is 26.3 Å². The first-order valence-electron chi connectivity index (χ1n) is 10.2. The Kier molecular flexibility index (Phi) is 8.35. The molecule has 2 saturated carbocycles. The third-order valence-corrected chi connectivity index (χ3v) is 5.84. The van der Waals surface area contributed by atoms with Crippen LogP contribution in [0.3, 0.4) is 0 Å². The fourth-order valence-corrected chi connectivity index (χ4v) is 4.62. The van der Waals surface area contributed by atoms with Crippen molar-refractivity contribution in [1.29, 1.82) is 0 Å². The summed E-state index contributed by atoms with van der Waals surface area (Å²) in [7, 11) is 9.87.